The van der Waals surface area contributed by atoms with Gasteiger partial charge in [-0.15, -0.1) is 0 Å². The summed E-state index contributed by atoms with van der Waals surface area (Å²) in [4.78, 5) is 9.15. The second kappa shape index (κ2) is 4.50. The maximum atomic E-state index is 4.90. The molecule has 0 atom stereocenters. The highest BCUT2D eigenvalue weighted by Crippen LogP contribution is 2.38. The number of imidazole rings is 1. The van der Waals surface area contributed by atoms with Gasteiger partial charge in [0.05, 0.1) is 11.4 Å². The molecule has 2 aliphatic rings. The van der Waals surface area contributed by atoms with Crippen molar-refractivity contribution >= 4 is 11.2 Å². The normalized spacial score (nSPS) is 17.4. The number of allylic oxidation sites excluding steroid dienone is 1. The lowest BCUT2D eigenvalue weighted by atomic mass is 9.82. The molecule has 22 heavy (non-hydrogen) atoms. The molecule has 0 aromatic carbocycles. The lowest BCUT2D eigenvalue weighted by Crippen LogP contribution is -2.11. The molecule has 0 spiro atoms. The molecule has 1 fully saturated rings. The van der Waals surface area contributed by atoms with E-state index in [1.165, 1.54) is 41.8 Å². The molecule has 0 radical (unpaired) electrons. The molecule has 1 saturated carbocycles. The van der Waals surface area contributed by atoms with E-state index in [-0.39, 0.29) is 0 Å². The summed E-state index contributed by atoms with van der Waals surface area (Å²) < 4.78 is 1.82. The molecular formula is C18H16N4. The first-order chi connectivity index (χ1) is 10.9. The Hall–Kier alpha value is -2.49. The van der Waals surface area contributed by atoms with Gasteiger partial charge in [0.1, 0.15) is 0 Å². The number of nitrogens with zero attached hydrogens (tertiary/aromatic N) is 4. The van der Waals surface area contributed by atoms with Crippen LogP contribution in [-0.4, -0.2) is 19.6 Å². The molecular weight excluding hydrogens is 272 g/mol. The Morgan fingerprint density at radius 1 is 1.09 bits per heavy atom. The minimum absolute atomic E-state index is 0.690. The van der Waals surface area contributed by atoms with Crippen LogP contribution in [0.1, 0.15) is 47.8 Å². The van der Waals surface area contributed by atoms with Crippen LogP contribution in [-0.2, 0) is 6.42 Å². The van der Waals surface area contributed by atoms with Crippen molar-refractivity contribution < 1.29 is 0 Å². The Morgan fingerprint density at radius 3 is 2.91 bits per heavy atom. The van der Waals surface area contributed by atoms with Crippen LogP contribution in [0.5, 0.6) is 0 Å². The lowest BCUT2D eigenvalue weighted by molar-refractivity contribution is 0.410. The van der Waals surface area contributed by atoms with Crippen molar-refractivity contribution in [2.45, 2.75) is 31.6 Å². The molecule has 0 amide bonds. The molecule has 3 aromatic heterocycles. The Balaban J connectivity index is 1.55. The number of hydrogen-bond acceptors (Lipinski definition) is 3. The number of fused-ring (bicyclic) bond motifs is 2. The van der Waals surface area contributed by atoms with Crippen LogP contribution < -0.4 is 0 Å². The summed E-state index contributed by atoms with van der Waals surface area (Å²) in [6.07, 6.45) is 10.8. The molecule has 0 unspecified atom stereocenters. The topological polar surface area (TPSA) is 43.1 Å². The van der Waals surface area contributed by atoms with E-state index in [1.54, 1.807) is 6.20 Å². The zero-order valence-corrected chi connectivity index (χ0v) is 12.2. The van der Waals surface area contributed by atoms with Gasteiger partial charge in [-0.3, -0.25) is 4.98 Å². The highest BCUT2D eigenvalue weighted by atomic mass is 15.2. The Kier molecular flexibility index (Phi) is 2.47. The molecule has 2 aliphatic carbocycles. The second-order valence-electron chi connectivity index (χ2n) is 6.13. The molecule has 0 bridgehead atoms. The summed E-state index contributed by atoms with van der Waals surface area (Å²) in [5.41, 5.74) is 6.77. The fourth-order valence-corrected chi connectivity index (χ4v) is 3.36. The number of aromatic nitrogens is 4. The molecule has 0 saturated heterocycles. The van der Waals surface area contributed by atoms with Crippen molar-refractivity contribution in [3.8, 4) is 0 Å². The highest BCUT2D eigenvalue weighted by molar-refractivity contribution is 5.82. The standard InChI is InChI=1S/C18H16N4/c1-2-12(3-1)15-6-4-13-14(5-7-16(13)20-15)17-8-9-18-19-10-11-22(18)21-17/h4-6,8-12H,1-3,7H2. The first kappa shape index (κ1) is 12.1. The predicted molar refractivity (Wildman–Crippen MR) is 84.6 cm³/mol. The first-order valence-electron chi connectivity index (χ1n) is 7.89. The molecule has 108 valence electrons. The van der Waals surface area contributed by atoms with Crippen LogP contribution in [0.4, 0.5) is 0 Å². The Bertz CT molecular complexity index is 902. The van der Waals surface area contributed by atoms with Gasteiger partial charge in [-0.2, -0.15) is 5.10 Å². The fraction of sp³-hybridized carbons (Fsp3) is 0.278. The fourth-order valence-electron chi connectivity index (χ4n) is 3.36. The molecule has 3 heterocycles. The molecule has 5 rings (SSSR count). The SMILES string of the molecule is C1=C(c2ccc3nccn3n2)c2ccc(C3CCC3)nc2C1. The Labute approximate surface area is 128 Å². The van der Waals surface area contributed by atoms with E-state index in [0.717, 1.165) is 17.8 Å². The van der Waals surface area contributed by atoms with Gasteiger partial charge in [-0.25, -0.2) is 9.50 Å². The van der Waals surface area contributed by atoms with Crippen LogP contribution in [0.25, 0.3) is 11.2 Å². The summed E-state index contributed by atoms with van der Waals surface area (Å²) >= 11 is 0. The van der Waals surface area contributed by atoms with Crippen LogP contribution >= 0.6 is 0 Å². The van der Waals surface area contributed by atoms with Crippen molar-refractivity contribution in [3.05, 3.63) is 65.4 Å². The second-order valence-corrected chi connectivity index (χ2v) is 6.13. The minimum atomic E-state index is 0.690. The summed E-state index contributed by atoms with van der Waals surface area (Å²) in [6.45, 7) is 0. The van der Waals surface area contributed by atoms with Gasteiger partial charge in [-0.1, -0.05) is 18.6 Å². The lowest BCUT2D eigenvalue weighted by Gasteiger charge is -2.25. The van der Waals surface area contributed by atoms with Gasteiger partial charge in [0.15, 0.2) is 5.65 Å². The predicted octanol–water partition coefficient (Wildman–Crippen LogP) is 3.38. The van der Waals surface area contributed by atoms with Crippen molar-refractivity contribution in [1.29, 1.82) is 0 Å². The van der Waals surface area contributed by atoms with Crippen molar-refractivity contribution in [2.75, 3.05) is 0 Å². The van der Waals surface area contributed by atoms with Crippen LogP contribution in [0.15, 0.2) is 42.7 Å². The van der Waals surface area contributed by atoms with E-state index >= 15 is 0 Å². The van der Waals surface area contributed by atoms with E-state index in [4.69, 9.17) is 4.98 Å². The van der Waals surface area contributed by atoms with Gasteiger partial charge < -0.3 is 0 Å². The number of hydrogen-bond donors (Lipinski definition) is 0. The quantitative estimate of drug-likeness (QED) is 0.726. The van der Waals surface area contributed by atoms with Crippen molar-refractivity contribution in [2.24, 2.45) is 0 Å². The third kappa shape index (κ3) is 1.73. The molecule has 0 N–H and O–H groups in total. The average Bonchev–Trinajstić information content (AvgIpc) is 3.10. The third-order valence-corrected chi connectivity index (χ3v) is 4.84. The van der Waals surface area contributed by atoms with E-state index in [2.05, 4.69) is 28.3 Å². The first-order valence-corrected chi connectivity index (χ1v) is 7.89. The minimum Gasteiger partial charge on any atom is -0.257 e. The van der Waals surface area contributed by atoms with E-state index < -0.39 is 0 Å². The largest absolute Gasteiger partial charge is 0.257 e. The van der Waals surface area contributed by atoms with E-state index in [1.807, 2.05) is 22.8 Å². The maximum absolute atomic E-state index is 4.90. The summed E-state index contributed by atoms with van der Waals surface area (Å²) in [5, 5.41) is 4.66. The summed E-state index contributed by atoms with van der Waals surface area (Å²) in [5.74, 6) is 0.690. The van der Waals surface area contributed by atoms with E-state index in [0.29, 0.717) is 5.92 Å². The highest BCUT2D eigenvalue weighted by Gasteiger charge is 2.24. The molecule has 3 aromatic rings. The molecule has 4 nitrogen and oxygen atoms in total. The smallest absolute Gasteiger partial charge is 0.153 e. The maximum Gasteiger partial charge on any atom is 0.153 e. The van der Waals surface area contributed by atoms with E-state index in [9.17, 15) is 0 Å². The Morgan fingerprint density at radius 2 is 2.05 bits per heavy atom. The number of rotatable bonds is 2. The van der Waals surface area contributed by atoms with Gasteiger partial charge in [0.2, 0.25) is 0 Å². The van der Waals surface area contributed by atoms with Crippen molar-refractivity contribution in [1.82, 2.24) is 19.6 Å². The summed E-state index contributed by atoms with van der Waals surface area (Å²) in [6, 6.07) is 8.49. The van der Waals surface area contributed by atoms with Crippen LogP contribution in [0, 0.1) is 0 Å². The molecule has 4 heteroatoms. The molecule has 0 aliphatic heterocycles. The monoisotopic (exact) mass is 288 g/mol. The number of pyridine rings is 1. The zero-order chi connectivity index (χ0) is 14.5. The van der Waals surface area contributed by atoms with Gasteiger partial charge in [0, 0.05) is 41.6 Å². The van der Waals surface area contributed by atoms with Crippen LogP contribution in [0.3, 0.4) is 0 Å². The third-order valence-electron chi connectivity index (χ3n) is 4.84. The van der Waals surface area contributed by atoms with Gasteiger partial charge >= 0.3 is 0 Å². The van der Waals surface area contributed by atoms with Crippen LogP contribution in [0.2, 0.25) is 0 Å². The van der Waals surface area contributed by atoms with Gasteiger partial charge in [-0.05, 0) is 31.0 Å². The van der Waals surface area contributed by atoms with Gasteiger partial charge in [0.25, 0.3) is 0 Å². The summed E-state index contributed by atoms with van der Waals surface area (Å²) in [7, 11) is 0. The average molecular weight is 288 g/mol. The zero-order valence-electron chi connectivity index (χ0n) is 12.2. The van der Waals surface area contributed by atoms with Crippen molar-refractivity contribution in [3.63, 3.8) is 0 Å².